The Morgan fingerprint density at radius 2 is 2.00 bits per heavy atom. The molecule has 0 amide bonds. The van der Waals surface area contributed by atoms with Gasteiger partial charge in [0.1, 0.15) is 0 Å². The van der Waals surface area contributed by atoms with E-state index in [4.69, 9.17) is 9.47 Å². The van der Waals surface area contributed by atoms with Gasteiger partial charge in [0.25, 0.3) is 0 Å². The first-order chi connectivity index (χ1) is 7.95. The minimum absolute atomic E-state index is 0.457. The number of hydrogen-bond donors (Lipinski definition) is 0. The summed E-state index contributed by atoms with van der Waals surface area (Å²) >= 11 is 0. The van der Waals surface area contributed by atoms with Crippen molar-refractivity contribution in [3.05, 3.63) is 11.8 Å². The smallest absolute Gasteiger partial charge is 0.0898 e. The van der Waals surface area contributed by atoms with Gasteiger partial charge in [-0.2, -0.15) is 0 Å². The first kappa shape index (κ1) is 12.0. The van der Waals surface area contributed by atoms with Crippen molar-refractivity contribution in [1.82, 2.24) is 0 Å². The van der Waals surface area contributed by atoms with Crippen LogP contribution in [0.3, 0.4) is 0 Å². The maximum atomic E-state index is 5.67. The molecular weight excluding hydrogens is 200 g/mol. The second-order valence-corrected chi connectivity index (χ2v) is 4.98. The molecule has 2 rings (SSSR count). The summed E-state index contributed by atoms with van der Waals surface area (Å²) in [5.41, 5.74) is 1.51. The Morgan fingerprint density at radius 3 is 2.75 bits per heavy atom. The van der Waals surface area contributed by atoms with Crippen molar-refractivity contribution < 1.29 is 9.47 Å². The largest absolute Gasteiger partial charge is 0.501 e. The van der Waals surface area contributed by atoms with E-state index in [1.54, 1.807) is 0 Å². The Bertz CT molecular complexity index is 209. The lowest BCUT2D eigenvalue weighted by molar-refractivity contribution is 0.000665. The van der Waals surface area contributed by atoms with Gasteiger partial charge in [-0.25, -0.2) is 0 Å². The number of hydrogen-bond acceptors (Lipinski definition) is 2. The van der Waals surface area contributed by atoms with Crippen molar-refractivity contribution in [2.75, 3.05) is 13.2 Å². The van der Waals surface area contributed by atoms with Crippen molar-refractivity contribution in [2.45, 2.75) is 63.9 Å². The highest BCUT2D eigenvalue weighted by Gasteiger charge is 2.13. The molecule has 2 heteroatoms. The second kappa shape index (κ2) is 6.95. The number of rotatable bonds is 4. The molecule has 2 nitrogen and oxygen atoms in total. The molecule has 0 aromatic carbocycles. The maximum Gasteiger partial charge on any atom is 0.0898 e. The average molecular weight is 224 g/mol. The van der Waals surface area contributed by atoms with E-state index in [1.165, 1.54) is 56.9 Å². The lowest BCUT2D eigenvalue weighted by atomic mass is 9.96. The van der Waals surface area contributed by atoms with E-state index in [-0.39, 0.29) is 0 Å². The molecule has 1 heterocycles. The van der Waals surface area contributed by atoms with Crippen molar-refractivity contribution in [1.29, 1.82) is 0 Å². The third-order valence-corrected chi connectivity index (χ3v) is 3.58. The molecule has 1 saturated heterocycles. The molecule has 1 aliphatic carbocycles. The highest BCUT2D eigenvalue weighted by molar-refractivity contribution is 5.00. The summed E-state index contributed by atoms with van der Waals surface area (Å²) in [5.74, 6) is 0. The average Bonchev–Trinajstić information content (AvgIpc) is 2.37. The third kappa shape index (κ3) is 4.17. The zero-order chi connectivity index (χ0) is 11.1. The fourth-order valence-corrected chi connectivity index (χ4v) is 2.54. The Hall–Kier alpha value is -0.500. The van der Waals surface area contributed by atoms with E-state index >= 15 is 0 Å². The van der Waals surface area contributed by atoms with Crippen LogP contribution in [0.2, 0.25) is 0 Å². The molecule has 0 spiro atoms. The van der Waals surface area contributed by atoms with Crippen LogP contribution in [0.1, 0.15) is 57.8 Å². The lowest BCUT2D eigenvalue weighted by Crippen LogP contribution is -2.20. The highest BCUT2D eigenvalue weighted by atomic mass is 16.5. The molecule has 0 aromatic heterocycles. The van der Waals surface area contributed by atoms with Gasteiger partial charge in [0.15, 0.2) is 0 Å². The summed E-state index contributed by atoms with van der Waals surface area (Å²) in [7, 11) is 0. The van der Waals surface area contributed by atoms with E-state index in [0.717, 1.165) is 19.6 Å². The van der Waals surface area contributed by atoms with Crippen molar-refractivity contribution in [2.24, 2.45) is 0 Å². The Labute approximate surface area is 99.0 Å². The Balaban J connectivity index is 1.56. The molecule has 2 fully saturated rings. The summed E-state index contributed by atoms with van der Waals surface area (Å²) in [6.07, 6.45) is 13.9. The van der Waals surface area contributed by atoms with Gasteiger partial charge < -0.3 is 9.47 Å². The molecule has 16 heavy (non-hydrogen) atoms. The maximum absolute atomic E-state index is 5.67. The summed E-state index contributed by atoms with van der Waals surface area (Å²) in [4.78, 5) is 0. The standard InChI is InChI=1S/C14H24O2/c1-2-6-13(7-3-1)12-15-11-9-14-8-4-5-10-16-14/h12,14H,1-11H2. The monoisotopic (exact) mass is 224 g/mol. The molecule has 1 atom stereocenters. The first-order valence-corrected chi connectivity index (χ1v) is 6.86. The van der Waals surface area contributed by atoms with Crippen LogP contribution in [0.15, 0.2) is 11.8 Å². The van der Waals surface area contributed by atoms with Crippen molar-refractivity contribution >= 4 is 0 Å². The number of ether oxygens (including phenoxy) is 2. The molecule has 0 radical (unpaired) electrons. The van der Waals surface area contributed by atoms with E-state index in [2.05, 4.69) is 0 Å². The molecule has 1 unspecified atom stereocenters. The third-order valence-electron chi connectivity index (χ3n) is 3.58. The molecule has 1 saturated carbocycles. The quantitative estimate of drug-likeness (QED) is 0.534. The van der Waals surface area contributed by atoms with Crippen molar-refractivity contribution in [3.8, 4) is 0 Å². The van der Waals surface area contributed by atoms with Crippen LogP contribution in [0.4, 0.5) is 0 Å². The van der Waals surface area contributed by atoms with Gasteiger partial charge in [0.05, 0.1) is 19.0 Å². The molecular formula is C14H24O2. The van der Waals surface area contributed by atoms with E-state index in [0.29, 0.717) is 6.10 Å². The Kier molecular flexibility index (Phi) is 5.20. The second-order valence-electron chi connectivity index (χ2n) is 4.98. The Morgan fingerprint density at radius 1 is 1.12 bits per heavy atom. The summed E-state index contributed by atoms with van der Waals surface area (Å²) < 4.78 is 11.3. The SMILES string of the molecule is C(OCCC1CCCCO1)=C1CCCCC1. The summed E-state index contributed by atoms with van der Waals surface area (Å²) in [6.45, 7) is 1.78. The van der Waals surface area contributed by atoms with Crippen LogP contribution in [-0.2, 0) is 9.47 Å². The topological polar surface area (TPSA) is 18.5 Å². The van der Waals surface area contributed by atoms with Gasteiger partial charge in [-0.15, -0.1) is 0 Å². The van der Waals surface area contributed by atoms with E-state index in [9.17, 15) is 0 Å². The van der Waals surface area contributed by atoms with Gasteiger partial charge in [0, 0.05) is 13.0 Å². The fourth-order valence-electron chi connectivity index (χ4n) is 2.54. The van der Waals surface area contributed by atoms with E-state index < -0.39 is 0 Å². The minimum atomic E-state index is 0.457. The van der Waals surface area contributed by atoms with Crippen LogP contribution in [0.5, 0.6) is 0 Å². The van der Waals surface area contributed by atoms with Crippen molar-refractivity contribution in [3.63, 3.8) is 0 Å². The van der Waals surface area contributed by atoms with Crippen LogP contribution >= 0.6 is 0 Å². The summed E-state index contributed by atoms with van der Waals surface area (Å²) in [6, 6.07) is 0. The van der Waals surface area contributed by atoms with E-state index in [1.807, 2.05) is 6.26 Å². The predicted molar refractivity (Wildman–Crippen MR) is 65.3 cm³/mol. The molecule has 92 valence electrons. The predicted octanol–water partition coefficient (Wildman–Crippen LogP) is 3.81. The zero-order valence-electron chi connectivity index (χ0n) is 10.2. The van der Waals surface area contributed by atoms with Crippen LogP contribution < -0.4 is 0 Å². The molecule has 0 bridgehead atoms. The van der Waals surface area contributed by atoms with Gasteiger partial charge in [-0.05, 0) is 50.5 Å². The van der Waals surface area contributed by atoms with Gasteiger partial charge in [-0.1, -0.05) is 6.42 Å². The zero-order valence-corrected chi connectivity index (χ0v) is 10.2. The summed E-state index contributed by atoms with van der Waals surface area (Å²) in [5, 5.41) is 0. The minimum Gasteiger partial charge on any atom is -0.501 e. The van der Waals surface area contributed by atoms with Crippen LogP contribution in [0, 0.1) is 0 Å². The first-order valence-electron chi connectivity index (χ1n) is 6.86. The molecule has 0 aromatic rings. The fraction of sp³-hybridized carbons (Fsp3) is 0.857. The van der Waals surface area contributed by atoms with Crippen LogP contribution in [-0.4, -0.2) is 19.3 Å². The van der Waals surface area contributed by atoms with Gasteiger partial charge in [-0.3, -0.25) is 0 Å². The molecule has 2 aliphatic rings. The normalized spacial score (nSPS) is 26.5. The van der Waals surface area contributed by atoms with Crippen LogP contribution in [0.25, 0.3) is 0 Å². The molecule has 1 aliphatic heterocycles. The van der Waals surface area contributed by atoms with Gasteiger partial charge >= 0.3 is 0 Å². The van der Waals surface area contributed by atoms with Gasteiger partial charge in [0.2, 0.25) is 0 Å². The highest BCUT2D eigenvalue weighted by Crippen LogP contribution is 2.22. The molecule has 0 N–H and O–H groups in total. The number of allylic oxidation sites excluding steroid dienone is 1. The lowest BCUT2D eigenvalue weighted by Gasteiger charge is -2.22.